The van der Waals surface area contributed by atoms with Gasteiger partial charge in [0.2, 0.25) is 0 Å². The van der Waals surface area contributed by atoms with Crippen LogP contribution < -0.4 is 15.8 Å². The van der Waals surface area contributed by atoms with Crippen molar-refractivity contribution in [1.29, 1.82) is 0 Å². The number of anilines is 1. The zero-order valence-electron chi connectivity index (χ0n) is 19.7. The molecule has 8 heteroatoms. The molecule has 178 valence electrons. The number of nitro groups is 1. The van der Waals surface area contributed by atoms with Gasteiger partial charge < -0.3 is 9.15 Å². The van der Waals surface area contributed by atoms with E-state index in [-0.39, 0.29) is 17.9 Å². The molecular weight excluding hydrogens is 446 g/mol. The third-order valence-corrected chi connectivity index (χ3v) is 5.77. The van der Waals surface area contributed by atoms with Crippen molar-refractivity contribution in [3.8, 4) is 5.75 Å². The highest BCUT2D eigenvalue weighted by molar-refractivity contribution is 5.87. The van der Waals surface area contributed by atoms with Gasteiger partial charge in [-0.25, -0.2) is 4.79 Å². The molecule has 0 aliphatic carbocycles. The summed E-state index contributed by atoms with van der Waals surface area (Å²) in [6, 6.07) is 19.6. The van der Waals surface area contributed by atoms with Gasteiger partial charge in [0.25, 0.3) is 5.69 Å². The molecule has 0 unspecified atom stereocenters. The van der Waals surface area contributed by atoms with Crippen LogP contribution in [-0.2, 0) is 6.42 Å². The number of non-ortho nitro benzene ring substituents is 1. The van der Waals surface area contributed by atoms with Gasteiger partial charge in [0.15, 0.2) is 0 Å². The normalized spacial score (nSPS) is 11.5. The summed E-state index contributed by atoms with van der Waals surface area (Å²) in [5.74, 6) is 0.598. The van der Waals surface area contributed by atoms with Gasteiger partial charge in [0.1, 0.15) is 17.9 Å². The molecule has 4 rings (SSSR count). The average molecular weight is 472 g/mol. The third kappa shape index (κ3) is 5.38. The molecule has 1 aromatic heterocycles. The maximum atomic E-state index is 12.8. The van der Waals surface area contributed by atoms with Gasteiger partial charge in [-0.2, -0.15) is 5.10 Å². The van der Waals surface area contributed by atoms with E-state index in [9.17, 15) is 14.9 Å². The van der Waals surface area contributed by atoms with Crippen molar-refractivity contribution in [1.82, 2.24) is 0 Å². The highest BCUT2D eigenvalue weighted by Crippen LogP contribution is 2.30. The monoisotopic (exact) mass is 471 g/mol. The van der Waals surface area contributed by atoms with E-state index < -0.39 is 4.92 Å². The van der Waals surface area contributed by atoms with Crippen molar-refractivity contribution in [3.05, 3.63) is 110 Å². The van der Waals surface area contributed by atoms with Crippen LogP contribution >= 0.6 is 0 Å². The van der Waals surface area contributed by atoms with Crippen molar-refractivity contribution < 1.29 is 14.1 Å². The maximum Gasteiger partial charge on any atom is 0.340 e. The number of aryl methyl sites for hydroxylation is 2. The molecule has 4 aromatic rings. The van der Waals surface area contributed by atoms with Crippen LogP contribution in [0.25, 0.3) is 11.0 Å². The second-order valence-corrected chi connectivity index (χ2v) is 8.27. The number of nitrogens with zero attached hydrogens (tertiary/aromatic N) is 2. The number of hydrogen-bond donors (Lipinski definition) is 1. The van der Waals surface area contributed by atoms with Crippen molar-refractivity contribution in [2.75, 3.05) is 12.0 Å². The summed E-state index contributed by atoms with van der Waals surface area (Å²) in [5, 5.41) is 15.9. The Morgan fingerprint density at radius 1 is 1.03 bits per heavy atom. The zero-order chi connectivity index (χ0) is 24.9. The van der Waals surface area contributed by atoms with Gasteiger partial charge in [-0.15, -0.1) is 0 Å². The van der Waals surface area contributed by atoms with E-state index in [4.69, 9.17) is 9.15 Å². The Morgan fingerprint density at radius 2 is 1.74 bits per heavy atom. The molecule has 8 nitrogen and oxygen atoms in total. The molecule has 0 fully saturated rings. The highest BCUT2D eigenvalue weighted by atomic mass is 16.6. The maximum absolute atomic E-state index is 12.8. The van der Waals surface area contributed by atoms with Crippen molar-refractivity contribution in [2.45, 2.75) is 27.2 Å². The summed E-state index contributed by atoms with van der Waals surface area (Å²) in [6.45, 7) is 5.81. The molecule has 1 N–H and O–H groups in total. The van der Waals surface area contributed by atoms with E-state index in [0.717, 1.165) is 22.1 Å². The zero-order valence-corrected chi connectivity index (χ0v) is 19.7. The molecule has 1 heterocycles. The number of rotatable bonds is 8. The van der Waals surface area contributed by atoms with Gasteiger partial charge >= 0.3 is 5.63 Å². The molecular formula is C27H25N3O5. The lowest BCUT2D eigenvalue weighted by atomic mass is 9.98. The first-order valence-corrected chi connectivity index (χ1v) is 11.1. The molecule has 3 aromatic carbocycles. The second-order valence-electron chi connectivity index (χ2n) is 8.27. The van der Waals surface area contributed by atoms with Crippen LogP contribution in [0.5, 0.6) is 5.75 Å². The number of ether oxygens (including phenoxy) is 1. The molecule has 0 atom stereocenters. The fourth-order valence-corrected chi connectivity index (χ4v) is 3.76. The Balaban J connectivity index is 1.49. The van der Waals surface area contributed by atoms with Crippen molar-refractivity contribution in [2.24, 2.45) is 5.10 Å². The van der Waals surface area contributed by atoms with E-state index in [1.165, 1.54) is 12.1 Å². The van der Waals surface area contributed by atoms with E-state index in [2.05, 4.69) is 10.5 Å². The van der Waals surface area contributed by atoms with Crippen LogP contribution in [0.1, 0.15) is 29.2 Å². The lowest BCUT2D eigenvalue weighted by molar-refractivity contribution is -0.384. The number of fused-ring (bicyclic) bond motifs is 1. The summed E-state index contributed by atoms with van der Waals surface area (Å²) in [7, 11) is 0. The van der Waals surface area contributed by atoms with E-state index in [0.29, 0.717) is 34.7 Å². The minimum Gasteiger partial charge on any atom is -0.487 e. The second kappa shape index (κ2) is 10.2. The molecule has 0 bridgehead atoms. The van der Waals surface area contributed by atoms with Crippen LogP contribution in [0.3, 0.4) is 0 Å². The number of hydrogen-bond acceptors (Lipinski definition) is 7. The standard InChI is InChI=1S/C27H25N3O5/c1-17(28-29-21-9-11-22(12-10-21)30(32)33)16-34-25-14-13-23-18(2)24(15-20-7-5-4-6-8-20)27(31)35-26(23)19(25)3/h4-14,29H,15-16H2,1-3H3/b28-17-. The first kappa shape index (κ1) is 23.7. The van der Waals surface area contributed by atoms with Crippen LogP contribution in [0.4, 0.5) is 11.4 Å². The van der Waals surface area contributed by atoms with Crippen LogP contribution in [0, 0.1) is 24.0 Å². The van der Waals surface area contributed by atoms with Gasteiger partial charge in [-0.1, -0.05) is 30.3 Å². The van der Waals surface area contributed by atoms with E-state index >= 15 is 0 Å². The Morgan fingerprint density at radius 3 is 2.43 bits per heavy atom. The van der Waals surface area contributed by atoms with E-state index in [1.807, 2.05) is 56.3 Å². The minimum atomic E-state index is -0.453. The van der Waals surface area contributed by atoms with Gasteiger partial charge in [0, 0.05) is 35.1 Å². The smallest absolute Gasteiger partial charge is 0.340 e. The highest BCUT2D eigenvalue weighted by Gasteiger charge is 2.16. The lowest BCUT2D eigenvalue weighted by Crippen LogP contribution is -2.13. The molecule has 0 aliphatic rings. The first-order valence-electron chi connectivity index (χ1n) is 11.1. The fourth-order valence-electron chi connectivity index (χ4n) is 3.76. The van der Waals surface area contributed by atoms with Crippen LogP contribution in [-0.4, -0.2) is 17.2 Å². The minimum absolute atomic E-state index is 0.0143. The summed E-state index contributed by atoms with van der Waals surface area (Å²) < 4.78 is 11.7. The van der Waals surface area contributed by atoms with Gasteiger partial charge in [0.05, 0.1) is 16.3 Å². The Kier molecular flexibility index (Phi) is 6.91. The molecule has 0 saturated heterocycles. The Hall–Kier alpha value is -4.46. The SMILES string of the molecule is C/C(COc1ccc2c(C)c(Cc3ccccc3)c(=O)oc2c1C)=N/Nc1ccc([N+](=O)[O-])cc1. The number of nitro benzene ring substituents is 1. The summed E-state index contributed by atoms with van der Waals surface area (Å²) >= 11 is 0. The summed E-state index contributed by atoms with van der Waals surface area (Å²) in [5.41, 5.74) is 7.68. The van der Waals surface area contributed by atoms with Crippen LogP contribution in [0.15, 0.2) is 81.0 Å². The first-order chi connectivity index (χ1) is 16.8. The number of hydrazone groups is 1. The largest absolute Gasteiger partial charge is 0.487 e. The van der Waals surface area contributed by atoms with Crippen molar-refractivity contribution >= 4 is 28.1 Å². The van der Waals surface area contributed by atoms with Crippen molar-refractivity contribution in [3.63, 3.8) is 0 Å². The van der Waals surface area contributed by atoms with Gasteiger partial charge in [-0.3, -0.25) is 15.5 Å². The average Bonchev–Trinajstić information content (AvgIpc) is 2.86. The number of nitrogens with one attached hydrogen (secondary N) is 1. The molecule has 35 heavy (non-hydrogen) atoms. The molecule has 0 aliphatic heterocycles. The molecule has 0 radical (unpaired) electrons. The van der Waals surface area contributed by atoms with E-state index in [1.54, 1.807) is 19.1 Å². The predicted octanol–water partition coefficient (Wildman–Crippen LogP) is 5.78. The quantitative estimate of drug-likeness (QED) is 0.151. The lowest BCUT2D eigenvalue weighted by Gasteiger charge is -2.13. The van der Waals surface area contributed by atoms with Gasteiger partial charge in [-0.05, 0) is 56.2 Å². The Bertz CT molecular complexity index is 1460. The molecule has 0 saturated carbocycles. The number of benzene rings is 3. The summed E-state index contributed by atoms with van der Waals surface area (Å²) in [4.78, 5) is 23.1. The third-order valence-electron chi connectivity index (χ3n) is 5.77. The predicted molar refractivity (Wildman–Crippen MR) is 137 cm³/mol. The summed E-state index contributed by atoms with van der Waals surface area (Å²) in [6.07, 6.45) is 0.514. The fraction of sp³-hybridized carbons (Fsp3) is 0.185. The topological polar surface area (TPSA) is 107 Å². The molecule has 0 spiro atoms. The Labute approximate surface area is 202 Å². The molecule has 0 amide bonds. The van der Waals surface area contributed by atoms with Crippen LogP contribution in [0.2, 0.25) is 0 Å².